The van der Waals surface area contributed by atoms with Crippen molar-refractivity contribution in [2.45, 2.75) is 38.3 Å². The summed E-state index contributed by atoms with van der Waals surface area (Å²) < 4.78 is 5.41. The molecular weight excluding hydrogens is 280 g/mol. The number of nitrogens with one attached hydrogen (secondary N) is 1. The van der Waals surface area contributed by atoms with Crippen molar-refractivity contribution in [3.05, 3.63) is 35.9 Å². The summed E-state index contributed by atoms with van der Waals surface area (Å²) in [5, 5.41) is 3.26. The zero-order valence-electron chi connectivity index (χ0n) is 13.5. The van der Waals surface area contributed by atoms with Crippen LogP contribution < -0.4 is 5.32 Å². The molecule has 0 radical (unpaired) electrons. The molecule has 1 fully saturated rings. The minimum atomic E-state index is -0.753. The van der Waals surface area contributed by atoms with E-state index in [-0.39, 0.29) is 6.09 Å². The predicted octanol–water partition coefficient (Wildman–Crippen LogP) is 2.01. The Morgan fingerprint density at radius 2 is 2.05 bits per heavy atom. The molecule has 0 aliphatic carbocycles. The SMILES string of the molecule is CC(C)(C)OC(=O)N1CCNC(C=O)(Cc2ccccc2)C1. The molecule has 1 N–H and O–H groups in total. The Labute approximate surface area is 131 Å². The normalized spacial score (nSPS) is 22.2. The fourth-order valence-corrected chi connectivity index (χ4v) is 2.60. The lowest BCUT2D eigenvalue weighted by atomic mass is 9.90. The zero-order valence-corrected chi connectivity index (χ0v) is 13.5. The molecule has 0 saturated carbocycles. The molecule has 1 unspecified atom stereocenters. The fourth-order valence-electron chi connectivity index (χ4n) is 2.60. The van der Waals surface area contributed by atoms with Gasteiger partial charge in [-0.05, 0) is 32.8 Å². The summed E-state index contributed by atoms with van der Waals surface area (Å²) in [5.41, 5.74) is -0.227. The highest BCUT2D eigenvalue weighted by molar-refractivity contribution is 5.72. The lowest BCUT2D eigenvalue weighted by molar-refractivity contribution is -0.115. The highest BCUT2D eigenvalue weighted by Crippen LogP contribution is 2.19. The number of piperazine rings is 1. The van der Waals surface area contributed by atoms with E-state index < -0.39 is 11.1 Å². The molecule has 0 spiro atoms. The van der Waals surface area contributed by atoms with Crippen molar-refractivity contribution in [1.29, 1.82) is 0 Å². The van der Waals surface area contributed by atoms with Gasteiger partial charge >= 0.3 is 6.09 Å². The van der Waals surface area contributed by atoms with E-state index >= 15 is 0 Å². The van der Waals surface area contributed by atoms with Gasteiger partial charge in [-0.2, -0.15) is 0 Å². The van der Waals surface area contributed by atoms with Gasteiger partial charge in [0.2, 0.25) is 0 Å². The minimum Gasteiger partial charge on any atom is -0.444 e. The molecule has 0 aromatic heterocycles. The Bertz CT molecular complexity index is 524. The summed E-state index contributed by atoms with van der Waals surface area (Å²) in [6.07, 6.45) is 1.10. The molecule has 1 heterocycles. The second-order valence-electron chi connectivity index (χ2n) is 6.77. The first-order valence-corrected chi connectivity index (χ1v) is 7.57. The first-order chi connectivity index (χ1) is 10.3. The maximum absolute atomic E-state index is 12.2. The lowest BCUT2D eigenvalue weighted by Gasteiger charge is -2.40. The van der Waals surface area contributed by atoms with Gasteiger partial charge in [-0.3, -0.25) is 0 Å². The van der Waals surface area contributed by atoms with Crippen LogP contribution in [0.5, 0.6) is 0 Å². The van der Waals surface area contributed by atoms with Crippen LogP contribution in [0.1, 0.15) is 26.3 Å². The van der Waals surface area contributed by atoms with Crippen LogP contribution in [0.4, 0.5) is 4.79 Å². The van der Waals surface area contributed by atoms with Gasteiger partial charge in [0.05, 0.1) is 5.54 Å². The summed E-state index contributed by atoms with van der Waals surface area (Å²) >= 11 is 0. The van der Waals surface area contributed by atoms with E-state index in [0.29, 0.717) is 26.1 Å². The van der Waals surface area contributed by atoms with E-state index in [1.165, 1.54) is 0 Å². The van der Waals surface area contributed by atoms with Crippen molar-refractivity contribution in [2.75, 3.05) is 19.6 Å². The monoisotopic (exact) mass is 304 g/mol. The second-order valence-corrected chi connectivity index (χ2v) is 6.77. The van der Waals surface area contributed by atoms with Crippen LogP contribution in [-0.2, 0) is 16.0 Å². The average Bonchev–Trinajstić information content (AvgIpc) is 2.47. The molecule has 5 nitrogen and oxygen atoms in total. The summed E-state index contributed by atoms with van der Waals surface area (Å²) in [5.74, 6) is 0. The van der Waals surface area contributed by atoms with Gasteiger partial charge in [0, 0.05) is 19.6 Å². The maximum Gasteiger partial charge on any atom is 0.410 e. The summed E-state index contributed by atoms with van der Waals surface area (Å²) in [4.78, 5) is 25.5. The number of rotatable bonds is 3. The Morgan fingerprint density at radius 3 is 2.64 bits per heavy atom. The van der Waals surface area contributed by atoms with Gasteiger partial charge in [-0.25, -0.2) is 4.79 Å². The number of aldehydes is 1. The van der Waals surface area contributed by atoms with Crippen molar-refractivity contribution < 1.29 is 14.3 Å². The third kappa shape index (κ3) is 4.31. The summed E-state index contributed by atoms with van der Waals surface area (Å²) in [6.45, 7) is 6.95. The largest absolute Gasteiger partial charge is 0.444 e. The summed E-state index contributed by atoms with van der Waals surface area (Å²) in [6, 6.07) is 9.81. The Kier molecular flexibility index (Phi) is 4.86. The van der Waals surface area contributed by atoms with Crippen molar-refractivity contribution in [3.8, 4) is 0 Å². The molecule has 1 aromatic rings. The fraction of sp³-hybridized carbons (Fsp3) is 0.529. The molecule has 120 valence electrons. The molecule has 22 heavy (non-hydrogen) atoms. The molecule has 1 aromatic carbocycles. The Balaban J connectivity index is 2.09. The Morgan fingerprint density at radius 1 is 1.36 bits per heavy atom. The molecule has 5 heteroatoms. The van der Waals surface area contributed by atoms with E-state index in [0.717, 1.165) is 11.8 Å². The van der Waals surface area contributed by atoms with Crippen LogP contribution in [-0.4, -0.2) is 48.1 Å². The molecule has 1 aliphatic heterocycles. The molecule has 2 rings (SSSR count). The van der Waals surface area contributed by atoms with Crippen LogP contribution in [0.3, 0.4) is 0 Å². The number of hydrogen-bond acceptors (Lipinski definition) is 4. The number of carbonyl (C=O) groups excluding carboxylic acids is 2. The van der Waals surface area contributed by atoms with E-state index in [4.69, 9.17) is 4.74 Å². The van der Waals surface area contributed by atoms with E-state index in [1.54, 1.807) is 4.90 Å². The summed E-state index contributed by atoms with van der Waals surface area (Å²) in [7, 11) is 0. The molecule has 0 bridgehead atoms. The van der Waals surface area contributed by atoms with Gasteiger partial charge in [0.15, 0.2) is 0 Å². The van der Waals surface area contributed by atoms with Crippen LogP contribution >= 0.6 is 0 Å². The number of benzene rings is 1. The van der Waals surface area contributed by atoms with Crippen molar-refractivity contribution in [2.24, 2.45) is 0 Å². The van der Waals surface area contributed by atoms with Gasteiger partial charge in [0.1, 0.15) is 11.9 Å². The van der Waals surface area contributed by atoms with Gasteiger partial charge in [-0.15, -0.1) is 0 Å². The van der Waals surface area contributed by atoms with Gasteiger partial charge < -0.3 is 19.7 Å². The van der Waals surface area contributed by atoms with Crippen LogP contribution in [0.25, 0.3) is 0 Å². The van der Waals surface area contributed by atoms with Gasteiger partial charge in [-0.1, -0.05) is 30.3 Å². The molecule has 1 aliphatic rings. The van der Waals surface area contributed by atoms with Crippen LogP contribution in [0.2, 0.25) is 0 Å². The molecule has 1 atom stereocenters. The Hall–Kier alpha value is -1.88. The smallest absolute Gasteiger partial charge is 0.410 e. The van der Waals surface area contributed by atoms with Crippen molar-refractivity contribution in [3.63, 3.8) is 0 Å². The number of amides is 1. The van der Waals surface area contributed by atoms with Crippen LogP contribution in [0.15, 0.2) is 30.3 Å². The third-order valence-electron chi connectivity index (χ3n) is 3.57. The molecule has 1 amide bonds. The van der Waals surface area contributed by atoms with E-state index in [1.807, 2.05) is 51.1 Å². The predicted molar refractivity (Wildman–Crippen MR) is 84.8 cm³/mol. The first-order valence-electron chi connectivity index (χ1n) is 7.57. The zero-order chi connectivity index (χ0) is 16.2. The average molecular weight is 304 g/mol. The molecule has 1 saturated heterocycles. The minimum absolute atomic E-state index is 0.320. The van der Waals surface area contributed by atoms with Crippen molar-refractivity contribution in [1.82, 2.24) is 10.2 Å². The third-order valence-corrected chi connectivity index (χ3v) is 3.57. The second kappa shape index (κ2) is 6.48. The quantitative estimate of drug-likeness (QED) is 0.868. The number of nitrogens with zero attached hydrogens (tertiary/aromatic N) is 1. The van der Waals surface area contributed by atoms with Gasteiger partial charge in [0.25, 0.3) is 0 Å². The topological polar surface area (TPSA) is 58.6 Å². The van der Waals surface area contributed by atoms with E-state index in [9.17, 15) is 9.59 Å². The maximum atomic E-state index is 12.2. The van der Waals surface area contributed by atoms with Crippen LogP contribution in [0, 0.1) is 0 Å². The standard InChI is InChI=1S/C17H24N2O3/c1-16(2,3)22-15(21)19-10-9-18-17(12-19,13-20)11-14-7-5-4-6-8-14/h4-8,13,18H,9-12H2,1-3H3. The first kappa shape index (κ1) is 16.5. The highest BCUT2D eigenvalue weighted by atomic mass is 16.6. The molecular formula is C17H24N2O3. The lowest BCUT2D eigenvalue weighted by Crippen LogP contribution is -2.64. The van der Waals surface area contributed by atoms with Crippen molar-refractivity contribution >= 4 is 12.4 Å². The number of carbonyl (C=O) groups is 2. The van der Waals surface area contributed by atoms with E-state index in [2.05, 4.69) is 5.32 Å². The highest BCUT2D eigenvalue weighted by Gasteiger charge is 2.38. The number of hydrogen-bond donors (Lipinski definition) is 1. The number of ether oxygens (including phenoxy) is 1.